The lowest BCUT2D eigenvalue weighted by Crippen LogP contribution is -2.47. The lowest BCUT2D eigenvalue weighted by molar-refractivity contribution is 0.174. The average molecular weight is 246 g/mol. The topological polar surface area (TPSA) is 15.3 Å². The molecule has 2 atom stereocenters. The van der Waals surface area contributed by atoms with Gasteiger partial charge < -0.3 is 5.32 Å². The van der Waals surface area contributed by atoms with Crippen molar-refractivity contribution in [2.75, 3.05) is 26.2 Å². The average Bonchev–Trinajstić information content (AvgIpc) is 2.40. The molecule has 0 aliphatic carbocycles. The summed E-state index contributed by atoms with van der Waals surface area (Å²) in [6.45, 7) is 9.36. The van der Waals surface area contributed by atoms with Gasteiger partial charge in [-0.3, -0.25) is 4.90 Å². The van der Waals surface area contributed by atoms with E-state index in [9.17, 15) is 0 Å². The van der Waals surface area contributed by atoms with Gasteiger partial charge in [-0.25, -0.2) is 0 Å². The zero-order valence-corrected chi connectivity index (χ0v) is 11.7. The van der Waals surface area contributed by atoms with E-state index in [2.05, 4.69) is 54.4 Å². The van der Waals surface area contributed by atoms with Gasteiger partial charge in [0.05, 0.1) is 0 Å². The maximum Gasteiger partial charge on any atom is 0.0449 e. The Balaban J connectivity index is 1.89. The minimum Gasteiger partial charge on any atom is -0.308 e. The zero-order valence-electron chi connectivity index (χ0n) is 11.7. The van der Waals surface area contributed by atoms with Crippen LogP contribution in [-0.4, -0.2) is 31.1 Å². The predicted molar refractivity (Wildman–Crippen MR) is 77.7 cm³/mol. The summed E-state index contributed by atoms with van der Waals surface area (Å²) in [7, 11) is 0. The van der Waals surface area contributed by atoms with Crippen molar-refractivity contribution in [2.24, 2.45) is 5.92 Å². The first-order valence-corrected chi connectivity index (χ1v) is 7.30. The minimum absolute atomic E-state index is 0.508. The molecule has 1 aromatic carbocycles. The molecule has 18 heavy (non-hydrogen) atoms. The van der Waals surface area contributed by atoms with Gasteiger partial charge >= 0.3 is 0 Å². The van der Waals surface area contributed by atoms with Crippen molar-refractivity contribution in [3.05, 3.63) is 35.9 Å². The second-order valence-electron chi connectivity index (χ2n) is 5.57. The molecule has 2 heteroatoms. The molecule has 0 bridgehead atoms. The summed E-state index contributed by atoms with van der Waals surface area (Å²) >= 11 is 0. The molecule has 1 saturated heterocycles. The summed E-state index contributed by atoms with van der Waals surface area (Å²) in [6, 6.07) is 11.3. The molecule has 2 unspecified atom stereocenters. The number of rotatable bonds is 5. The van der Waals surface area contributed by atoms with Crippen molar-refractivity contribution in [2.45, 2.75) is 32.7 Å². The van der Waals surface area contributed by atoms with Crippen molar-refractivity contribution < 1.29 is 0 Å². The molecular weight excluding hydrogens is 220 g/mol. The summed E-state index contributed by atoms with van der Waals surface area (Å²) in [5.41, 5.74) is 1.42. The van der Waals surface area contributed by atoms with Crippen LogP contribution in [0.25, 0.3) is 0 Å². The maximum absolute atomic E-state index is 3.63. The SMILES string of the molecule is CCCC(C)CN1CCNC(c2ccccc2)C1. The fraction of sp³-hybridized carbons (Fsp3) is 0.625. The molecule has 0 radical (unpaired) electrons. The second-order valence-corrected chi connectivity index (χ2v) is 5.57. The molecule has 0 saturated carbocycles. The summed E-state index contributed by atoms with van der Waals surface area (Å²) in [5.74, 6) is 0.824. The molecule has 1 aromatic rings. The third kappa shape index (κ3) is 3.82. The summed E-state index contributed by atoms with van der Waals surface area (Å²) in [6.07, 6.45) is 2.65. The van der Waals surface area contributed by atoms with Gasteiger partial charge in [-0.2, -0.15) is 0 Å². The van der Waals surface area contributed by atoms with Crippen LogP contribution >= 0.6 is 0 Å². The van der Waals surface area contributed by atoms with Crippen molar-refractivity contribution >= 4 is 0 Å². The Kier molecular flexibility index (Phi) is 5.21. The smallest absolute Gasteiger partial charge is 0.0449 e. The molecule has 0 amide bonds. The lowest BCUT2D eigenvalue weighted by atomic mass is 10.0. The maximum atomic E-state index is 3.63. The van der Waals surface area contributed by atoms with Crippen LogP contribution in [0.5, 0.6) is 0 Å². The summed E-state index contributed by atoms with van der Waals surface area (Å²) in [4.78, 5) is 2.62. The first-order valence-electron chi connectivity index (χ1n) is 7.30. The van der Waals surface area contributed by atoms with Crippen LogP contribution in [0.15, 0.2) is 30.3 Å². The molecule has 0 spiro atoms. The molecule has 2 nitrogen and oxygen atoms in total. The van der Waals surface area contributed by atoms with Crippen LogP contribution in [-0.2, 0) is 0 Å². The number of nitrogens with one attached hydrogen (secondary N) is 1. The van der Waals surface area contributed by atoms with Crippen molar-refractivity contribution in [1.82, 2.24) is 10.2 Å². The predicted octanol–water partition coefficient (Wildman–Crippen LogP) is 3.07. The Bertz CT molecular complexity index is 336. The molecule has 1 aliphatic rings. The van der Waals surface area contributed by atoms with Crippen molar-refractivity contribution in [3.8, 4) is 0 Å². The first-order chi connectivity index (χ1) is 8.79. The van der Waals surface area contributed by atoms with E-state index in [-0.39, 0.29) is 0 Å². The Labute approximate surface area is 111 Å². The summed E-state index contributed by atoms with van der Waals surface area (Å²) in [5, 5.41) is 3.63. The van der Waals surface area contributed by atoms with Gasteiger partial charge in [-0.1, -0.05) is 50.6 Å². The van der Waals surface area contributed by atoms with Crippen LogP contribution in [0.3, 0.4) is 0 Å². The van der Waals surface area contributed by atoms with E-state index in [1.165, 1.54) is 31.5 Å². The number of nitrogens with zero attached hydrogens (tertiary/aromatic N) is 1. The third-order valence-corrected chi connectivity index (χ3v) is 3.81. The van der Waals surface area contributed by atoms with E-state index in [1.807, 2.05) is 0 Å². The van der Waals surface area contributed by atoms with Gasteiger partial charge in [0.2, 0.25) is 0 Å². The van der Waals surface area contributed by atoms with Crippen LogP contribution in [0.1, 0.15) is 38.3 Å². The Hall–Kier alpha value is -0.860. The molecule has 0 aromatic heterocycles. The van der Waals surface area contributed by atoms with Gasteiger partial charge in [0.25, 0.3) is 0 Å². The third-order valence-electron chi connectivity index (χ3n) is 3.81. The van der Waals surface area contributed by atoms with Crippen molar-refractivity contribution in [3.63, 3.8) is 0 Å². The van der Waals surface area contributed by atoms with E-state index < -0.39 is 0 Å². The number of benzene rings is 1. The van der Waals surface area contributed by atoms with E-state index in [0.29, 0.717) is 6.04 Å². The highest BCUT2D eigenvalue weighted by Crippen LogP contribution is 2.18. The normalized spacial score (nSPS) is 22.9. The molecule has 100 valence electrons. The minimum atomic E-state index is 0.508. The molecule has 1 fully saturated rings. The van der Waals surface area contributed by atoms with E-state index in [4.69, 9.17) is 0 Å². The highest BCUT2D eigenvalue weighted by atomic mass is 15.2. The first kappa shape index (κ1) is 13.6. The van der Waals surface area contributed by atoms with Crippen LogP contribution in [0, 0.1) is 5.92 Å². The quantitative estimate of drug-likeness (QED) is 0.859. The zero-order chi connectivity index (χ0) is 12.8. The number of hydrogen-bond acceptors (Lipinski definition) is 2. The van der Waals surface area contributed by atoms with Gasteiger partial charge in [0, 0.05) is 32.2 Å². The van der Waals surface area contributed by atoms with E-state index in [0.717, 1.165) is 19.0 Å². The van der Waals surface area contributed by atoms with Gasteiger partial charge in [0.15, 0.2) is 0 Å². The Morgan fingerprint density at radius 3 is 2.83 bits per heavy atom. The van der Waals surface area contributed by atoms with Crippen molar-refractivity contribution in [1.29, 1.82) is 0 Å². The molecule has 1 N–H and O–H groups in total. The molecule has 1 aliphatic heterocycles. The van der Waals surface area contributed by atoms with Crippen LogP contribution in [0.2, 0.25) is 0 Å². The molecule has 2 rings (SSSR count). The monoisotopic (exact) mass is 246 g/mol. The standard InChI is InChI=1S/C16H26N2/c1-3-7-14(2)12-18-11-10-17-16(13-18)15-8-5-4-6-9-15/h4-6,8-9,14,16-17H,3,7,10-13H2,1-2H3. The molecular formula is C16H26N2. The van der Waals surface area contributed by atoms with E-state index >= 15 is 0 Å². The van der Waals surface area contributed by atoms with Gasteiger partial charge in [-0.05, 0) is 17.9 Å². The molecule has 1 heterocycles. The Morgan fingerprint density at radius 2 is 2.11 bits per heavy atom. The van der Waals surface area contributed by atoms with Gasteiger partial charge in [-0.15, -0.1) is 0 Å². The highest BCUT2D eigenvalue weighted by molar-refractivity contribution is 5.19. The highest BCUT2D eigenvalue weighted by Gasteiger charge is 2.21. The lowest BCUT2D eigenvalue weighted by Gasteiger charge is -2.35. The fourth-order valence-electron chi connectivity index (χ4n) is 2.91. The fourth-order valence-corrected chi connectivity index (χ4v) is 2.91. The Morgan fingerprint density at radius 1 is 1.33 bits per heavy atom. The summed E-state index contributed by atoms with van der Waals surface area (Å²) < 4.78 is 0. The largest absolute Gasteiger partial charge is 0.308 e. The second kappa shape index (κ2) is 6.91. The number of hydrogen-bond donors (Lipinski definition) is 1. The van der Waals surface area contributed by atoms with Crippen LogP contribution < -0.4 is 5.32 Å². The van der Waals surface area contributed by atoms with E-state index in [1.54, 1.807) is 0 Å². The number of piperazine rings is 1. The van der Waals surface area contributed by atoms with Gasteiger partial charge in [0.1, 0.15) is 0 Å². The van der Waals surface area contributed by atoms with Crippen LogP contribution in [0.4, 0.5) is 0 Å².